The number of carbonyl (C=O) groups excluding carboxylic acids is 1. The highest BCUT2D eigenvalue weighted by atomic mass is 16.5. The molecule has 2 aliphatic heterocycles. The van der Waals surface area contributed by atoms with Crippen molar-refractivity contribution in [2.45, 2.75) is 24.8 Å². The van der Waals surface area contributed by atoms with Crippen LogP contribution in [0.15, 0.2) is 72.8 Å². The van der Waals surface area contributed by atoms with E-state index in [0.717, 1.165) is 29.0 Å². The van der Waals surface area contributed by atoms with Gasteiger partial charge in [-0.2, -0.15) is 0 Å². The minimum atomic E-state index is -0.179. The summed E-state index contributed by atoms with van der Waals surface area (Å²) >= 11 is 0. The van der Waals surface area contributed by atoms with Crippen LogP contribution in [0.5, 0.6) is 5.75 Å². The van der Waals surface area contributed by atoms with Gasteiger partial charge in [-0.3, -0.25) is 4.79 Å². The van der Waals surface area contributed by atoms with Gasteiger partial charge in [0.25, 0.3) is 5.91 Å². The minimum absolute atomic E-state index is 0.0403. The largest absolute Gasteiger partial charge is 0.497 e. The molecule has 3 aromatic rings. The zero-order valence-corrected chi connectivity index (χ0v) is 15.5. The normalized spacial score (nSPS) is 22.8. The third-order valence-corrected chi connectivity index (χ3v) is 6.15. The van der Waals surface area contributed by atoms with Crippen molar-refractivity contribution in [3.63, 3.8) is 0 Å². The van der Waals surface area contributed by atoms with E-state index in [1.165, 1.54) is 11.1 Å². The van der Waals surface area contributed by atoms with Crippen molar-refractivity contribution >= 4 is 11.6 Å². The fourth-order valence-electron chi connectivity index (χ4n) is 4.75. The first-order chi connectivity index (χ1) is 13.1. The summed E-state index contributed by atoms with van der Waals surface area (Å²) in [6, 6.07) is 24.8. The highest BCUT2D eigenvalue weighted by Crippen LogP contribution is 2.55. The van der Waals surface area contributed by atoms with Gasteiger partial charge in [-0.15, -0.1) is 0 Å². The lowest BCUT2D eigenvalue weighted by molar-refractivity contribution is 0.0986. The molecular formula is C24H21NO2. The van der Waals surface area contributed by atoms with E-state index in [0.29, 0.717) is 0 Å². The number of nitrogens with zero attached hydrogens (tertiary/aromatic N) is 1. The molecule has 3 nitrogen and oxygen atoms in total. The predicted molar refractivity (Wildman–Crippen MR) is 106 cm³/mol. The van der Waals surface area contributed by atoms with E-state index < -0.39 is 0 Å². The van der Waals surface area contributed by atoms with E-state index in [9.17, 15) is 4.79 Å². The van der Waals surface area contributed by atoms with E-state index >= 15 is 0 Å². The second kappa shape index (κ2) is 5.71. The third-order valence-electron chi connectivity index (χ3n) is 6.15. The molecule has 0 aromatic heterocycles. The SMILES string of the molecule is COc1ccc2c(c1)N1C(=O)c3ccccc3[C@@H]1C[C@]2(C)c1ccccc1. The highest BCUT2D eigenvalue weighted by Gasteiger charge is 2.48. The Morgan fingerprint density at radius 3 is 2.52 bits per heavy atom. The van der Waals surface area contributed by atoms with Crippen LogP contribution in [0.3, 0.4) is 0 Å². The first-order valence-electron chi connectivity index (χ1n) is 9.30. The first kappa shape index (κ1) is 16.1. The fourth-order valence-corrected chi connectivity index (χ4v) is 4.75. The Hall–Kier alpha value is -3.07. The minimum Gasteiger partial charge on any atom is -0.497 e. The average Bonchev–Trinajstić information content (AvgIpc) is 3.00. The van der Waals surface area contributed by atoms with Gasteiger partial charge in [0.1, 0.15) is 5.75 Å². The maximum Gasteiger partial charge on any atom is 0.259 e. The van der Waals surface area contributed by atoms with E-state index in [2.05, 4.69) is 43.3 Å². The van der Waals surface area contributed by atoms with Gasteiger partial charge >= 0.3 is 0 Å². The molecule has 0 saturated heterocycles. The molecule has 5 rings (SSSR count). The summed E-state index contributed by atoms with van der Waals surface area (Å²) in [5.41, 5.74) is 5.16. The fraction of sp³-hybridized carbons (Fsp3) is 0.208. The standard InChI is InChI=1S/C24H21NO2/c1-24(16-8-4-3-5-9-16)15-22-18-10-6-7-11-19(18)23(26)25(22)21-14-17(27-2)12-13-20(21)24/h3-14,22H,15H2,1-2H3/t22-,24+/m0/s1. The van der Waals surface area contributed by atoms with Crippen LogP contribution < -0.4 is 9.64 Å². The van der Waals surface area contributed by atoms with Gasteiger partial charge in [0.05, 0.1) is 18.8 Å². The predicted octanol–water partition coefficient (Wildman–Crippen LogP) is 5.11. The average molecular weight is 355 g/mol. The molecule has 0 N–H and O–H groups in total. The zero-order valence-electron chi connectivity index (χ0n) is 15.5. The van der Waals surface area contributed by atoms with Crippen LogP contribution in [0.25, 0.3) is 0 Å². The lowest BCUT2D eigenvalue weighted by Gasteiger charge is -2.44. The maximum atomic E-state index is 13.2. The number of rotatable bonds is 2. The van der Waals surface area contributed by atoms with Gasteiger partial charge in [-0.05, 0) is 35.2 Å². The number of anilines is 1. The Morgan fingerprint density at radius 2 is 1.74 bits per heavy atom. The molecule has 27 heavy (non-hydrogen) atoms. The summed E-state index contributed by atoms with van der Waals surface area (Å²) in [6.45, 7) is 2.29. The van der Waals surface area contributed by atoms with Crippen LogP contribution in [-0.2, 0) is 5.41 Å². The van der Waals surface area contributed by atoms with Crippen LogP contribution >= 0.6 is 0 Å². The molecule has 3 heteroatoms. The summed E-state index contributed by atoms with van der Waals surface area (Å²) in [7, 11) is 1.67. The zero-order chi connectivity index (χ0) is 18.6. The van der Waals surface area contributed by atoms with Crippen molar-refractivity contribution in [1.82, 2.24) is 0 Å². The van der Waals surface area contributed by atoms with Gasteiger partial charge in [-0.1, -0.05) is 61.5 Å². The van der Waals surface area contributed by atoms with Gasteiger partial charge in [0.15, 0.2) is 0 Å². The highest BCUT2D eigenvalue weighted by molar-refractivity contribution is 6.12. The van der Waals surface area contributed by atoms with Gasteiger partial charge < -0.3 is 9.64 Å². The molecule has 0 radical (unpaired) electrons. The molecule has 2 atom stereocenters. The smallest absolute Gasteiger partial charge is 0.259 e. The molecule has 3 aromatic carbocycles. The summed E-state index contributed by atoms with van der Waals surface area (Å²) in [5.74, 6) is 0.855. The molecule has 0 unspecified atom stereocenters. The van der Waals surface area contributed by atoms with Crippen LogP contribution in [0.1, 0.15) is 46.4 Å². The van der Waals surface area contributed by atoms with E-state index in [1.54, 1.807) is 7.11 Å². The van der Waals surface area contributed by atoms with Crippen molar-refractivity contribution < 1.29 is 9.53 Å². The van der Waals surface area contributed by atoms with Gasteiger partial charge in [0.2, 0.25) is 0 Å². The van der Waals surface area contributed by atoms with Gasteiger partial charge in [-0.25, -0.2) is 0 Å². The van der Waals surface area contributed by atoms with Crippen molar-refractivity contribution in [1.29, 1.82) is 0 Å². The Bertz CT molecular complexity index is 1040. The maximum absolute atomic E-state index is 13.2. The van der Waals surface area contributed by atoms with Crippen molar-refractivity contribution in [2.75, 3.05) is 12.0 Å². The summed E-state index contributed by atoms with van der Waals surface area (Å²) in [4.78, 5) is 15.2. The van der Waals surface area contributed by atoms with Crippen LogP contribution in [0.4, 0.5) is 5.69 Å². The molecule has 0 fully saturated rings. The Kier molecular flexibility index (Phi) is 3.41. The van der Waals surface area contributed by atoms with E-state index in [1.807, 2.05) is 41.3 Å². The molecule has 1 amide bonds. The number of methoxy groups -OCH3 is 1. The lowest BCUT2D eigenvalue weighted by Crippen LogP contribution is -2.41. The second-order valence-electron chi connectivity index (χ2n) is 7.56. The Labute approximate surface area is 159 Å². The van der Waals surface area contributed by atoms with Crippen LogP contribution in [0, 0.1) is 0 Å². The van der Waals surface area contributed by atoms with E-state index in [4.69, 9.17) is 4.74 Å². The van der Waals surface area contributed by atoms with Crippen molar-refractivity contribution in [2.24, 2.45) is 0 Å². The quantitative estimate of drug-likeness (QED) is 0.639. The molecular weight excluding hydrogens is 334 g/mol. The van der Waals surface area contributed by atoms with Crippen molar-refractivity contribution in [3.05, 3.63) is 95.1 Å². The number of amides is 1. The Morgan fingerprint density at radius 1 is 1.00 bits per heavy atom. The number of carbonyl (C=O) groups is 1. The summed E-state index contributed by atoms with van der Waals surface area (Å²) in [5, 5.41) is 0. The molecule has 0 bridgehead atoms. The number of benzene rings is 3. The molecule has 0 aliphatic carbocycles. The van der Waals surface area contributed by atoms with Gasteiger partial charge in [0, 0.05) is 17.0 Å². The lowest BCUT2D eigenvalue weighted by atomic mass is 9.68. The third kappa shape index (κ3) is 2.18. The topological polar surface area (TPSA) is 29.5 Å². The summed E-state index contributed by atoms with van der Waals surface area (Å²) in [6.07, 6.45) is 0.860. The molecule has 0 spiro atoms. The molecule has 134 valence electrons. The van der Waals surface area contributed by atoms with Crippen molar-refractivity contribution in [3.8, 4) is 5.75 Å². The first-order valence-corrected chi connectivity index (χ1v) is 9.30. The second-order valence-corrected chi connectivity index (χ2v) is 7.56. The number of hydrogen-bond donors (Lipinski definition) is 0. The Balaban J connectivity index is 1.78. The van der Waals surface area contributed by atoms with Crippen LogP contribution in [-0.4, -0.2) is 13.0 Å². The van der Waals surface area contributed by atoms with E-state index in [-0.39, 0.29) is 17.4 Å². The summed E-state index contributed by atoms with van der Waals surface area (Å²) < 4.78 is 5.48. The molecule has 0 saturated carbocycles. The molecule has 2 aliphatic rings. The van der Waals surface area contributed by atoms with Crippen LogP contribution in [0.2, 0.25) is 0 Å². The monoisotopic (exact) mass is 355 g/mol. The molecule has 2 heterocycles. The number of hydrogen-bond acceptors (Lipinski definition) is 2. The number of fused-ring (bicyclic) bond motifs is 5. The number of ether oxygens (including phenoxy) is 1.